The number of hydrogen-bond donors (Lipinski definition) is 0. The molecule has 0 spiro atoms. The third kappa shape index (κ3) is 3.65. The molecule has 2 nitrogen and oxygen atoms in total. The number of aromatic nitrogens is 1. The molecule has 1 aromatic heterocycles. The van der Waals surface area contributed by atoms with E-state index in [0.29, 0.717) is 0 Å². The van der Waals surface area contributed by atoms with Gasteiger partial charge in [-0.05, 0) is 30.2 Å². The summed E-state index contributed by atoms with van der Waals surface area (Å²) in [5.41, 5.74) is 6.28. The number of pyridine rings is 1. The van der Waals surface area contributed by atoms with Gasteiger partial charge in [0.2, 0.25) is 0 Å². The first kappa shape index (κ1) is 19.7. The van der Waals surface area contributed by atoms with Gasteiger partial charge in [-0.25, -0.2) is 0 Å². The number of fused-ring (bicyclic) bond motifs is 2. The lowest BCUT2D eigenvalue weighted by Gasteiger charge is -2.22. The average Bonchev–Trinajstić information content (AvgIpc) is 2.85. The molecule has 136 valence electrons. The predicted molar refractivity (Wildman–Crippen MR) is 115 cm³/mol. The van der Waals surface area contributed by atoms with Crippen LogP contribution >= 0.6 is 0 Å². The van der Waals surface area contributed by atoms with E-state index in [9.17, 15) is 0 Å². The molecule has 0 unspecified atom stereocenters. The highest BCUT2D eigenvalue weighted by atomic mass is 15.1. The highest BCUT2D eigenvalue weighted by Crippen LogP contribution is 2.45. The van der Waals surface area contributed by atoms with Crippen molar-refractivity contribution < 1.29 is 0 Å². The second-order valence-corrected chi connectivity index (χ2v) is 6.80. The predicted octanol–water partition coefficient (Wildman–Crippen LogP) is 6.50. The van der Waals surface area contributed by atoms with Gasteiger partial charge in [-0.3, -0.25) is 4.98 Å². The van der Waals surface area contributed by atoms with Gasteiger partial charge in [-0.2, -0.15) is 0 Å². The SMILES string of the molecule is C=C1N(C)c2ccccc2C1(C)C.CC.Cc1cccc2cccnc12. The molecule has 2 heteroatoms. The van der Waals surface area contributed by atoms with Crippen LogP contribution in [0.15, 0.2) is 73.1 Å². The Kier molecular flexibility index (Phi) is 6.20. The highest BCUT2D eigenvalue weighted by molar-refractivity contribution is 5.81. The van der Waals surface area contributed by atoms with Crippen molar-refractivity contribution in [3.8, 4) is 0 Å². The number of hydrogen-bond acceptors (Lipinski definition) is 2. The number of nitrogens with zero attached hydrogens (tertiary/aromatic N) is 2. The number of allylic oxidation sites excluding steroid dienone is 1. The summed E-state index contributed by atoms with van der Waals surface area (Å²) >= 11 is 0. The first-order valence-electron chi connectivity index (χ1n) is 9.26. The van der Waals surface area contributed by atoms with Crippen LogP contribution in [0.5, 0.6) is 0 Å². The van der Waals surface area contributed by atoms with Crippen LogP contribution < -0.4 is 4.90 Å². The lowest BCUT2D eigenvalue weighted by atomic mass is 9.85. The summed E-state index contributed by atoms with van der Waals surface area (Å²) in [4.78, 5) is 6.46. The standard InChI is InChI=1S/C12H15N.C10H9N.C2H6/c1-9-12(2,3)10-7-5-6-8-11(10)13(9)4;1-8-4-2-5-9-6-3-7-11-10(8)9;1-2/h5-8H,1H2,2-4H3;2-7H,1H3;1-2H3. The molecular formula is C24H30N2. The van der Waals surface area contributed by atoms with Gasteiger partial charge in [-0.1, -0.05) is 76.7 Å². The van der Waals surface area contributed by atoms with Gasteiger partial charge in [-0.15, -0.1) is 0 Å². The smallest absolute Gasteiger partial charge is 0.0731 e. The Labute approximate surface area is 158 Å². The van der Waals surface area contributed by atoms with E-state index in [0.717, 1.165) is 5.52 Å². The summed E-state index contributed by atoms with van der Waals surface area (Å²) in [6, 6.07) is 18.7. The van der Waals surface area contributed by atoms with Gasteiger partial charge in [0.25, 0.3) is 0 Å². The number of anilines is 1. The molecule has 0 atom stereocenters. The maximum atomic E-state index is 4.28. The van der Waals surface area contributed by atoms with Crippen molar-refractivity contribution in [2.45, 2.75) is 40.0 Å². The van der Waals surface area contributed by atoms with E-state index in [4.69, 9.17) is 0 Å². The molecule has 26 heavy (non-hydrogen) atoms. The third-order valence-corrected chi connectivity index (χ3v) is 4.90. The van der Waals surface area contributed by atoms with Crippen molar-refractivity contribution in [3.63, 3.8) is 0 Å². The zero-order valence-electron chi connectivity index (χ0n) is 16.9. The quantitative estimate of drug-likeness (QED) is 0.462. The van der Waals surface area contributed by atoms with Gasteiger partial charge < -0.3 is 4.90 Å². The van der Waals surface area contributed by atoms with Crippen molar-refractivity contribution in [2.24, 2.45) is 0 Å². The molecular weight excluding hydrogens is 316 g/mol. The molecule has 0 fully saturated rings. The Balaban J connectivity index is 0.000000173. The fourth-order valence-corrected chi connectivity index (χ4v) is 3.27. The van der Waals surface area contributed by atoms with Gasteiger partial charge in [0.15, 0.2) is 0 Å². The second-order valence-electron chi connectivity index (χ2n) is 6.80. The molecule has 0 bridgehead atoms. The lowest BCUT2D eigenvalue weighted by Crippen LogP contribution is -2.21. The minimum absolute atomic E-state index is 0.0886. The van der Waals surface area contributed by atoms with Crippen LogP contribution in [0.4, 0.5) is 5.69 Å². The summed E-state index contributed by atoms with van der Waals surface area (Å²) < 4.78 is 0. The minimum atomic E-state index is 0.0886. The largest absolute Gasteiger partial charge is 0.348 e. The molecule has 2 aromatic carbocycles. The summed E-state index contributed by atoms with van der Waals surface area (Å²) in [6.45, 7) is 14.6. The van der Waals surface area contributed by atoms with Crippen LogP contribution in [0.25, 0.3) is 10.9 Å². The Hall–Kier alpha value is -2.61. The Bertz CT molecular complexity index is 888. The monoisotopic (exact) mass is 346 g/mol. The van der Waals surface area contributed by atoms with Crippen molar-refractivity contribution in [2.75, 3.05) is 11.9 Å². The van der Waals surface area contributed by atoms with Gasteiger partial charge >= 0.3 is 0 Å². The molecule has 3 aromatic rings. The summed E-state index contributed by atoms with van der Waals surface area (Å²) in [5.74, 6) is 0. The van der Waals surface area contributed by atoms with Crippen LogP contribution in [0, 0.1) is 6.92 Å². The molecule has 0 N–H and O–H groups in total. The second kappa shape index (κ2) is 8.18. The molecule has 1 aliphatic heterocycles. The van der Waals surface area contributed by atoms with E-state index < -0.39 is 0 Å². The first-order valence-corrected chi connectivity index (χ1v) is 9.26. The minimum Gasteiger partial charge on any atom is -0.348 e. The van der Waals surface area contributed by atoms with Crippen molar-refractivity contribution >= 4 is 16.6 Å². The van der Waals surface area contributed by atoms with E-state index in [1.807, 2.05) is 26.1 Å². The van der Waals surface area contributed by atoms with Crippen molar-refractivity contribution in [3.05, 3.63) is 84.2 Å². The van der Waals surface area contributed by atoms with Gasteiger partial charge in [0.1, 0.15) is 0 Å². The number of para-hydroxylation sites is 2. The molecule has 1 aliphatic rings. The molecule has 0 amide bonds. The van der Waals surface area contributed by atoms with E-state index in [1.165, 1.54) is 27.9 Å². The molecule has 0 saturated heterocycles. The van der Waals surface area contributed by atoms with Crippen LogP contribution in [-0.2, 0) is 5.41 Å². The van der Waals surface area contributed by atoms with E-state index >= 15 is 0 Å². The number of benzene rings is 2. The van der Waals surface area contributed by atoms with E-state index in [-0.39, 0.29) is 5.41 Å². The van der Waals surface area contributed by atoms with Crippen molar-refractivity contribution in [1.29, 1.82) is 0 Å². The summed E-state index contributed by atoms with van der Waals surface area (Å²) in [5, 5.41) is 1.22. The number of likely N-dealkylation sites (N-methyl/N-ethyl adjacent to an activating group) is 1. The van der Waals surface area contributed by atoms with Gasteiger partial charge in [0, 0.05) is 35.4 Å². The third-order valence-electron chi connectivity index (χ3n) is 4.90. The topological polar surface area (TPSA) is 16.1 Å². The maximum Gasteiger partial charge on any atom is 0.0731 e. The van der Waals surface area contributed by atoms with Gasteiger partial charge in [0.05, 0.1) is 5.52 Å². The normalized spacial score (nSPS) is 14.1. The fourth-order valence-electron chi connectivity index (χ4n) is 3.27. The van der Waals surface area contributed by atoms with Crippen LogP contribution in [0.2, 0.25) is 0 Å². The van der Waals surface area contributed by atoms with E-state index in [1.54, 1.807) is 0 Å². The van der Waals surface area contributed by atoms with Crippen LogP contribution in [0.3, 0.4) is 0 Å². The van der Waals surface area contributed by atoms with Crippen LogP contribution in [0.1, 0.15) is 38.8 Å². The maximum absolute atomic E-state index is 4.28. The number of rotatable bonds is 0. The number of aryl methyl sites for hydroxylation is 1. The molecule has 0 radical (unpaired) electrons. The molecule has 2 heterocycles. The Morgan fingerprint density at radius 2 is 1.58 bits per heavy atom. The molecule has 0 saturated carbocycles. The summed E-state index contributed by atoms with van der Waals surface area (Å²) in [6.07, 6.45) is 1.83. The zero-order valence-corrected chi connectivity index (χ0v) is 16.9. The average molecular weight is 347 g/mol. The first-order chi connectivity index (χ1) is 12.4. The Morgan fingerprint density at radius 1 is 0.923 bits per heavy atom. The van der Waals surface area contributed by atoms with Crippen LogP contribution in [-0.4, -0.2) is 12.0 Å². The van der Waals surface area contributed by atoms with Crippen molar-refractivity contribution in [1.82, 2.24) is 4.98 Å². The zero-order chi connectivity index (χ0) is 19.3. The lowest BCUT2D eigenvalue weighted by molar-refractivity contribution is 0.643. The molecule has 0 aliphatic carbocycles. The Morgan fingerprint density at radius 3 is 2.23 bits per heavy atom. The summed E-state index contributed by atoms with van der Waals surface area (Å²) in [7, 11) is 2.08. The fraction of sp³-hybridized carbons (Fsp3) is 0.292. The molecule has 4 rings (SSSR count). The van der Waals surface area contributed by atoms with E-state index in [2.05, 4.69) is 92.8 Å². The highest BCUT2D eigenvalue weighted by Gasteiger charge is 2.36.